The van der Waals surface area contributed by atoms with Gasteiger partial charge in [0.25, 0.3) is 0 Å². The largest absolute Gasteiger partial charge is 0.454 e. The molecule has 0 fully saturated rings. The molecule has 3 rings (SSSR count). The molecule has 1 amide bonds. The first-order chi connectivity index (χ1) is 10.6. The van der Waals surface area contributed by atoms with E-state index in [1.165, 1.54) is 6.08 Å². The van der Waals surface area contributed by atoms with Crippen molar-refractivity contribution in [2.24, 2.45) is 0 Å². The third-order valence-electron chi connectivity index (χ3n) is 3.01. The molecule has 4 nitrogen and oxygen atoms in total. The summed E-state index contributed by atoms with van der Waals surface area (Å²) in [6, 6.07) is 10.3. The van der Waals surface area contributed by atoms with Gasteiger partial charge in [-0.3, -0.25) is 4.79 Å². The van der Waals surface area contributed by atoms with E-state index in [0.717, 1.165) is 0 Å². The second-order valence-electron chi connectivity index (χ2n) is 4.56. The highest BCUT2D eigenvalue weighted by molar-refractivity contribution is 6.34. The number of halogens is 2. The molecule has 0 aromatic heterocycles. The Kier molecular flexibility index (Phi) is 4.22. The molecule has 0 bridgehead atoms. The van der Waals surface area contributed by atoms with Crippen LogP contribution in [0.25, 0.3) is 6.08 Å². The van der Waals surface area contributed by atoms with E-state index in [4.69, 9.17) is 32.7 Å². The number of carbonyl (C=O) groups excluding carboxylic acids is 1. The molecule has 6 heteroatoms. The highest BCUT2D eigenvalue weighted by Crippen LogP contribution is 2.34. The van der Waals surface area contributed by atoms with Crippen molar-refractivity contribution in [1.82, 2.24) is 0 Å². The van der Waals surface area contributed by atoms with Crippen LogP contribution in [0.4, 0.5) is 5.69 Å². The van der Waals surface area contributed by atoms with E-state index in [2.05, 4.69) is 5.32 Å². The third-order valence-corrected chi connectivity index (χ3v) is 3.59. The zero-order valence-electron chi connectivity index (χ0n) is 11.3. The van der Waals surface area contributed by atoms with Gasteiger partial charge in [-0.1, -0.05) is 23.2 Å². The summed E-state index contributed by atoms with van der Waals surface area (Å²) < 4.78 is 10.5. The molecular weight excluding hydrogens is 325 g/mol. The number of ether oxygens (including phenoxy) is 2. The highest BCUT2D eigenvalue weighted by Gasteiger charge is 2.13. The molecule has 0 atom stereocenters. The summed E-state index contributed by atoms with van der Waals surface area (Å²) >= 11 is 11.9. The van der Waals surface area contributed by atoms with E-state index >= 15 is 0 Å². The molecule has 2 aromatic carbocycles. The van der Waals surface area contributed by atoms with Crippen LogP contribution in [0, 0.1) is 0 Å². The van der Waals surface area contributed by atoms with Gasteiger partial charge in [-0.15, -0.1) is 0 Å². The first-order valence-electron chi connectivity index (χ1n) is 6.45. The van der Waals surface area contributed by atoms with Crippen molar-refractivity contribution in [3.63, 3.8) is 0 Å². The summed E-state index contributed by atoms with van der Waals surface area (Å²) in [6.07, 6.45) is 3.00. The van der Waals surface area contributed by atoms with Crippen molar-refractivity contribution in [2.45, 2.75) is 0 Å². The number of hydrogen-bond donors (Lipinski definition) is 1. The van der Waals surface area contributed by atoms with E-state index < -0.39 is 0 Å². The van der Waals surface area contributed by atoms with Crippen LogP contribution >= 0.6 is 23.2 Å². The SMILES string of the molecule is O=C(/C=C/c1cc(Cl)ccc1Cl)Nc1ccc2c(c1)OCO2. The Morgan fingerprint density at radius 2 is 1.91 bits per heavy atom. The van der Waals surface area contributed by atoms with Gasteiger partial charge in [-0.25, -0.2) is 0 Å². The number of nitrogens with one attached hydrogen (secondary N) is 1. The first kappa shape index (κ1) is 14.8. The van der Waals surface area contributed by atoms with Gasteiger partial charge in [0.1, 0.15) is 0 Å². The number of amides is 1. The maximum Gasteiger partial charge on any atom is 0.248 e. The Balaban J connectivity index is 1.70. The van der Waals surface area contributed by atoms with Crippen molar-refractivity contribution in [1.29, 1.82) is 0 Å². The standard InChI is InChI=1S/C16H11Cl2NO3/c17-11-2-4-13(18)10(7-11)1-6-16(20)19-12-3-5-14-15(8-12)22-9-21-14/h1-8H,9H2,(H,19,20)/b6-1+. The summed E-state index contributed by atoms with van der Waals surface area (Å²) in [7, 11) is 0. The van der Waals surface area contributed by atoms with E-state index in [9.17, 15) is 4.79 Å². The van der Waals surface area contributed by atoms with Crippen molar-refractivity contribution in [2.75, 3.05) is 12.1 Å². The van der Waals surface area contributed by atoms with Crippen LogP contribution < -0.4 is 14.8 Å². The smallest absolute Gasteiger partial charge is 0.248 e. The Labute approximate surface area is 137 Å². The van der Waals surface area contributed by atoms with Crippen LogP contribution in [0.2, 0.25) is 10.0 Å². The topological polar surface area (TPSA) is 47.6 Å². The lowest BCUT2D eigenvalue weighted by Crippen LogP contribution is -2.07. The van der Waals surface area contributed by atoms with Crippen LogP contribution in [-0.2, 0) is 4.79 Å². The van der Waals surface area contributed by atoms with Crippen LogP contribution in [-0.4, -0.2) is 12.7 Å². The average molecular weight is 336 g/mol. The van der Waals surface area contributed by atoms with Gasteiger partial charge in [-0.05, 0) is 42.0 Å². The Morgan fingerprint density at radius 1 is 1.09 bits per heavy atom. The normalized spacial score (nSPS) is 12.6. The second kappa shape index (κ2) is 6.30. The van der Waals surface area contributed by atoms with Crippen molar-refractivity contribution in [3.05, 3.63) is 58.1 Å². The second-order valence-corrected chi connectivity index (χ2v) is 5.40. The van der Waals surface area contributed by atoms with Gasteiger partial charge in [0.05, 0.1) is 0 Å². The monoisotopic (exact) mass is 335 g/mol. The lowest BCUT2D eigenvalue weighted by Gasteiger charge is -2.04. The molecule has 22 heavy (non-hydrogen) atoms. The molecule has 0 saturated carbocycles. The van der Waals surface area contributed by atoms with Crippen LogP contribution in [0.5, 0.6) is 11.5 Å². The molecule has 112 valence electrons. The predicted octanol–water partition coefficient (Wildman–Crippen LogP) is 4.37. The van der Waals surface area contributed by atoms with Gasteiger partial charge < -0.3 is 14.8 Å². The fourth-order valence-electron chi connectivity index (χ4n) is 1.97. The number of hydrogen-bond acceptors (Lipinski definition) is 3. The molecule has 1 heterocycles. The molecule has 1 N–H and O–H groups in total. The van der Waals surface area contributed by atoms with Crippen LogP contribution in [0.15, 0.2) is 42.5 Å². The van der Waals surface area contributed by atoms with Crippen molar-refractivity contribution >= 4 is 40.9 Å². The average Bonchev–Trinajstić information content (AvgIpc) is 2.96. The molecule has 0 spiro atoms. The lowest BCUT2D eigenvalue weighted by atomic mass is 10.2. The lowest BCUT2D eigenvalue weighted by molar-refractivity contribution is -0.111. The van der Waals surface area contributed by atoms with Crippen LogP contribution in [0.3, 0.4) is 0 Å². The Hall–Kier alpha value is -2.17. The minimum absolute atomic E-state index is 0.194. The van der Waals surface area contributed by atoms with Gasteiger partial charge in [-0.2, -0.15) is 0 Å². The quantitative estimate of drug-likeness (QED) is 0.847. The predicted molar refractivity (Wildman–Crippen MR) is 86.7 cm³/mol. The first-order valence-corrected chi connectivity index (χ1v) is 7.21. The summed E-state index contributed by atoms with van der Waals surface area (Å²) in [5, 5.41) is 3.82. The number of carbonyl (C=O) groups is 1. The molecule has 0 aliphatic carbocycles. The highest BCUT2D eigenvalue weighted by atomic mass is 35.5. The van der Waals surface area contributed by atoms with Crippen molar-refractivity contribution < 1.29 is 14.3 Å². The summed E-state index contributed by atoms with van der Waals surface area (Å²) in [5.41, 5.74) is 1.30. The number of benzene rings is 2. The Morgan fingerprint density at radius 3 is 2.77 bits per heavy atom. The molecule has 0 radical (unpaired) electrons. The van der Waals surface area contributed by atoms with Gasteiger partial charge in [0.15, 0.2) is 11.5 Å². The summed E-state index contributed by atoms with van der Waals surface area (Å²) in [4.78, 5) is 11.9. The molecule has 0 unspecified atom stereocenters. The fraction of sp³-hybridized carbons (Fsp3) is 0.0625. The van der Waals surface area contributed by atoms with Gasteiger partial charge in [0.2, 0.25) is 12.7 Å². The number of fused-ring (bicyclic) bond motifs is 1. The van der Waals surface area contributed by atoms with E-state index in [-0.39, 0.29) is 12.7 Å². The minimum atomic E-state index is -0.282. The summed E-state index contributed by atoms with van der Waals surface area (Å²) in [6.45, 7) is 0.194. The molecule has 1 aliphatic rings. The van der Waals surface area contributed by atoms with Crippen LogP contribution in [0.1, 0.15) is 5.56 Å². The summed E-state index contributed by atoms with van der Waals surface area (Å²) in [5.74, 6) is 0.994. The zero-order chi connectivity index (χ0) is 15.5. The number of anilines is 1. The van der Waals surface area contributed by atoms with Gasteiger partial charge >= 0.3 is 0 Å². The third kappa shape index (κ3) is 3.35. The van der Waals surface area contributed by atoms with Gasteiger partial charge in [0, 0.05) is 27.9 Å². The molecular formula is C16H11Cl2NO3. The number of rotatable bonds is 3. The van der Waals surface area contributed by atoms with Crippen molar-refractivity contribution in [3.8, 4) is 11.5 Å². The maximum atomic E-state index is 11.9. The Bertz CT molecular complexity index is 759. The minimum Gasteiger partial charge on any atom is -0.454 e. The van der Waals surface area contributed by atoms with E-state index in [0.29, 0.717) is 32.8 Å². The fourth-order valence-corrected chi connectivity index (χ4v) is 2.33. The maximum absolute atomic E-state index is 11.9. The van der Waals surface area contributed by atoms with E-state index in [1.54, 1.807) is 42.5 Å². The zero-order valence-corrected chi connectivity index (χ0v) is 12.8. The molecule has 1 aliphatic heterocycles. The molecule has 2 aromatic rings. The molecule has 0 saturated heterocycles. The van der Waals surface area contributed by atoms with E-state index in [1.807, 2.05) is 0 Å².